The second kappa shape index (κ2) is 5.30. The molecule has 0 radical (unpaired) electrons. The van der Waals surface area contributed by atoms with E-state index in [2.05, 4.69) is 15.6 Å². The fraction of sp³-hybridized carbons (Fsp3) is 0.200. The van der Waals surface area contributed by atoms with Crippen LogP contribution in [0.5, 0.6) is 0 Å². The lowest BCUT2D eigenvalue weighted by molar-refractivity contribution is 0.102. The summed E-state index contributed by atoms with van der Waals surface area (Å²) in [6.45, 7) is 1.82. The molecule has 5 heteroatoms. The Morgan fingerprint density at radius 1 is 1.15 bits per heavy atom. The molecule has 0 unspecified atom stereocenters. The standard InChI is InChI=1S/C15H15N3O2/c19-14-8-11(4-6-17-14)15(20)18-13-2-1-10-3-5-16-9-12(10)7-13/h1-2,4,6-8,16H,3,5,9H2,(H,17,19)(H,18,20). The van der Waals surface area contributed by atoms with E-state index in [9.17, 15) is 9.59 Å². The molecule has 2 aromatic rings. The van der Waals surface area contributed by atoms with E-state index in [0.29, 0.717) is 5.56 Å². The van der Waals surface area contributed by atoms with Gasteiger partial charge in [0, 0.05) is 30.1 Å². The molecule has 0 atom stereocenters. The van der Waals surface area contributed by atoms with Crippen LogP contribution in [-0.2, 0) is 13.0 Å². The van der Waals surface area contributed by atoms with Crippen molar-refractivity contribution in [2.24, 2.45) is 0 Å². The first-order chi connectivity index (χ1) is 9.72. The molecule has 5 nitrogen and oxygen atoms in total. The second-order valence-corrected chi connectivity index (χ2v) is 4.81. The van der Waals surface area contributed by atoms with Crippen molar-refractivity contribution in [1.82, 2.24) is 10.3 Å². The van der Waals surface area contributed by atoms with Gasteiger partial charge in [0.25, 0.3) is 5.91 Å². The van der Waals surface area contributed by atoms with Gasteiger partial charge in [-0.05, 0) is 42.3 Å². The molecule has 20 heavy (non-hydrogen) atoms. The van der Waals surface area contributed by atoms with Crippen LogP contribution in [0.25, 0.3) is 0 Å². The van der Waals surface area contributed by atoms with Crippen molar-refractivity contribution >= 4 is 11.6 Å². The highest BCUT2D eigenvalue weighted by atomic mass is 16.2. The third-order valence-corrected chi connectivity index (χ3v) is 3.39. The van der Waals surface area contributed by atoms with Crippen LogP contribution in [0, 0.1) is 0 Å². The van der Waals surface area contributed by atoms with E-state index < -0.39 is 0 Å². The van der Waals surface area contributed by atoms with E-state index in [1.54, 1.807) is 6.07 Å². The summed E-state index contributed by atoms with van der Waals surface area (Å²) in [7, 11) is 0. The molecular weight excluding hydrogens is 254 g/mol. The fourth-order valence-corrected chi connectivity index (χ4v) is 2.35. The van der Waals surface area contributed by atoms with Gasteiger partial charge in [-0.15, -0.1) is 0 Å². The lowest BCUT2D eigenvalue weighted by Crippen LogP contribution is -2.24. The van der Waals surface area contributed by atoms with Gasteiger partial charge in [-0.2, -0.15) is 0 Å². The quantitative estimate of drug-likeness (QED) is 0.768. The first-order valence-electron chi connectivity index (χ1n) is 6.55. The molecule has 1 aromatic heterocycles. The zero-order chi connectivity index (χ0) is 13.9. The first kappa shape index (κ1) is 12.6. The van der Waals surface area contributed by atoms with Crippen LogP contribution in [0.1, 0.15) is 21.5 Å². The van der Waals surface area contributed by atoms with Gasteiger partial charge in [0.2, 0.25) is 5.56 Å². The van der Waals surface area contributed by atoms with Crippen LogP contribution in [0.15, 0.2) is 41.3 Å². The average Bonchev–Trinajstić information content (AvgIpc) is 2.47. The molecule has 0 fully saturated rings. The fourth-order valence-electron chi connectivity index (χ4n) is 2.35. The summed E-state index contributed by atoms with van der Waals surface area (Å²) in [5.41, 5.74) is 3.34. The predicted molar refractivity (Wildman–Crippen MR) is 76.9 cm³/mol. The number of aromatic amines is 1. The number of rotatable bonds is 2. The number of nitrogens with one attached hydrogen (secondary N) is 3. The largest absolute Gasteiger partial charge is 0.329 e. The molecule has 1 aliphatic heterocycles. The third-order valence-electron chi connectivity index (χ3n) is 3.39. The minimum atomic E-state index is -0.285. The molecule has 0 saturated carbocycles. The van der Waals surface area contributed by atoms with Crippen molar-refractivity contribution in [2.45, 2.75) is 13.0 Å². The number of carbonyl (C=O) groups excluding carboxylic acids is 1. The van der Waals surface area contributed by atoms with Gasteiger partial charge >= 0.3 is 0 Å². The maximum absolute atomic E-state index is 12.1. The SMILES string of the molecule is O=C(Nc1ccc2c(c1)CNCC2)c1cc[nH]c(=O)c1. The number of hydrogen-bond donors (Lipinski definition) is 3. The highest BCUT2D eigenvalue weighted by Crippen LogP contribution is 2.19. The summed E-state index contributed by atoms with van der Waals surface area (Å²) < 4.78 is 0. The van der Waals surface area contributed by atoms with Gasteiger partial charge in [-0.25, -0.2) is 0 Å². The molecule has 1 amide bonds. The van der Waals surface area contributed by atoms with Gasteiger partial charge in [0.1, 0.15) is 0 Å². The van der Waals surface area contributed by atoms with Crippen molar-refractivity contribution in [3.63, 3.8) is 0 Å². The molecule has 0 bridgehead atoms. The Labute approximate surface area is 116 Å². The Morgan fingerprint density at radius 3 is 2.90 bits per heavy atom. The number of benzene rings is 1. The topological polar surface area (TPSA) is 74.0 Å². The molecule has 3 N–H and O–H groups in total. The molecule has 2 heterocycles. The molecule has 102 valence electrons. The number of pyridine rings is 1. The molecule has 0 spiro atoms. The minimum Gasteiger partial charge on any atom is -0.329 e. The summed E-state index contributed by atoms with van der Waals surface area (Å²) in [6, 6.07) is 8.79. The van der Waals surface area contributed by atoms with Crippen LogP contribution >= 0.6 is 0 Å². The maximum Gasteiger partial charge on any atom is 0.255 e. The number of hydrogen-bond acceptors (Lipinski definition) is 3. The number of aromatic nitrogens is 1. The van der Waals surface area contributed by atoms with Crippen molar-refractivity contribution < 1.29 is 4.79 Å². The Balaban J connectivity index is 1.81. The number of H-pyrrole nitrogens is 1. The summed E-state index contributed by atoms with van der Waals surface area (Å²) in [4.78, 5) is 25.7. The van der Waals surface area contributed by atoms with Gasteiger partial charge in [0.15, 0.2) is 0 Å². The number of carbonyl (C=O) groups is 1. The van der Waals surface area contributed by atoms with Crippen LogP contribution in [-0.4, -0.2) is 17.4 Å². The minimum absolute atomic E-state index is 0.278. The average molecular weight is 269 g/mol. The van der Waals surface area contributed by atoms with E-state index in [1.807, 2.05) is 18.2 Å². The molecular formula is C15H15N3O2. The van der Waals surface area contributed by atoms with Gasteiger partial charge in [0.05, 0.1) is 0 Å². The Kier molecular flexibility index (Phi) is 3.35. The van der Waals surface area contributed by atoms with Gasteiger partial charge < -0.3 is 15.6 Å². The van der Waals surface area contributed by atoms with Crippen LogP contribution < -0.4 is 16.2 Å². The smallest absolute Gasteiger partial charge is 0.255 e. The van der Waals surface area contributed by atoms with E-state index in [0.717, 1.165) is 25.2 Å². The van der Waals surface area contributed by atoms with E-state index in [4.69, 9.17) is 0 Å². The predicted octanol–water partition coefficient (Wildman–Crippen LogP) is 1.27. The van der Waals surface area contributed by atoms with Crippen LogP contribution in [0.2, 0.25) is 0 Å². The zero-order valence-corrected chi connectivity index (χ0v) is 10.9. The number of amides is 1. The number of fused-ring (bicyclic) bond motifs is 1. The van der Waals surface area contributed by atoms with Gasteiger partial charge in [-0.1, -0.05) is 6.07 Å². The van der Waals surface area contributed by atoms with E-state index >= 15 is 0 Å². The van der Waals surface area contributed by atoms with Crippen molar-refractivity contribution in [3.8, 4) is 0 Å². The molecule has 3 rings (SSSR count). The number of anilines is 1. The Bertz CT molecular complexity index is 706. The summed E-state index contributed by atoms with van der Waals surface area (Å²) in [5.74, 6) is -0.278. The molecule has 1 aromatic carbocycles. The van der Waals surface area contributed by atoms with Crippen LogP contribution in [0.4, 0.5) is 5.69 Å². The highest BCUT2D eigenvalue weighted by molar-refractivity contribution is 6.04. The van der Waals surface area contributed by atoms with Crippen molar-refractivity contribution in [2.75, 3.05) is 11.9 Å². The normalized spacial score (nSPS) is 13.6. The summed E-state index contributed by atoms with van der Waals surface area (Å²) in [5, 5.41) is 6.12. The van der Waals surface area contributed by atoms with Crippen molar-refractivity contribution in [3.05, 3.63) is 63.6 Å². The Morgan fingerprint density at radius 2 is 2.05 bits per heavy atom. The summed E-state index contributed by atoms with van der Waals surface area (Å²) >= 11 is 0. The third kappa shape index (κ3) is 2.62. The van der Waals surface area contributed by atoms with E-state index in [1.165, 1.54) is 23.4 Å². The van der Waals surface area contributed by atoms with Gasteiger partial charge in [-0.3, -0.25) is 9.59 Å². The maximum atomic E-state index is 12.1. The zero-order valence-electron chi connectivity index (χ0n) is 10.9. The monoisotopic (exact) mass is 269 g/mol. The highest BCUT2D eigenvalue weighted by Gasteiger charge is 2.11. The van der Waals surface area contributed by atoms with Crippen molar-refractivity contribution in [1.29, 1.82) is 0 Å². The molecule has 0 aliphatic carbocycles. The lowest BCUT2D eigenvalue weighted by atomic mass is 10.0. The van der Waals surface area contributed by atoms with Crippen LogP contribution in [0.3, 0.4) is 0 Å². The first-order valence-corrected chi connectivity index (χ1v) is 6.55. The van der Waals surface area contributed by atoms with E-state index in [-0.39, 0.29) is 11.5 Å². The lowest BCUT2D eigenvalue weighted by Gasteiger charge is -2.18. The molecule has 0 saturated heterocycles. The Hall–Kier alpha value is -2.40. The second-order valence-electron chi connectivity index (χ2n) is 4.81. The summed E-state index contributed by atoms with van der Waals surface area (Å²) in [6.07, 6.45) is 2.48. The molecule has 1 aliphatic rings.